The maximum Gasteiger partial charge on any atom is 0.0481 e. The van der Waals surface area contributed by atoms with Gasteiger partial charge in [0.25, 0.3) is 0 Å². The second kappa shape index (κ2) is 5.19. The van der Waals surface area contributed by atoms with Gasteiger partial charge >= 0.3 is 0 Å². The largest absolute Gasteiger partial charge is 0.329 e. The lowest BCUT2D eigenvalue weighted by Crippen LogP contribution is -2.43. The molecule has 3 rings (SSSR count). The van der Waals surface area contributed by atoms with Crippen LogP contribution in [0.15, 0.2) is 42.5 Å². The van der Waals surface area contributed by atoms with E-state index < -0.39 is 0 Å². The van der Waals surface area contributed by atoms with Gasteiger partial charge in [-0.05, 0) is 49.6 Å². The van der Waals surface area contributed by atoms with Crippen molar-refractivity contribution in [1.29, 1.82) is 0 Å². The van der Waals surface area contributed by atoms with Gasteiger partial charge in [-0.1, -0.05) is 42.5 Å². The van der Waals surface area contributed by atoms with E-state index >= 15 is 0 Å². The highest BCUT2D eigenvalue weighted by molar-refractivity contribution is 5.86. The maximum absolute atomic E-state index is 6.16. The molecule has 2 aromatic carbocycles. The first-order chi connectivity index (χ1) is 9.63. The second-order valence-electron chi connectivity index (χ2n) is 6.43. The Balaban J connectivity index is 2.08. The van der Waals surface area contributed by atoms with Gasteiger partial charge in [-0.2, -0.15) is 0 Å². The van der Waals surface area contributed by atoms with Gasteiger partial charge in [-0.15, -0.1) is 0 Å². The highest BCUT2D eigenvalue weighted by Gasteiger charge is 2.37. The average molecular weight is 268 g/mol. The molecule has 20 heavy (non-hydrogen) atoms. The monoisotopic (exact) mass is 268 g/mol. The molecule has 2 aromatic rings. The second-order valence-corrected chi connectivity index (χ2v) is 6.43. The van der Waals surface area contributed by atoms with Gasteiger partial charge in [0.2, 0.25) is 0 Å². The van der Waals surface area contributed by atoms with Crippen molar-refractivity contribution >= 4 is 10.8 Å². The minimum Gasteiger partial charge on any atom is -0.329 e. The standard InChI is InChI=1S/C18H24N2/c1-18(2)11-6-12-20(18)17(13-19)16-10-5-8-14-7-3-4-9-15(14)16/h3-5,7-10,17H,6,11-13,19H2,1-2H3. The van der Waals surface area contributed by atoms with Crippen LogP contribution in [0.25, 0.3) is 10.8 Å². The molecule has 2 N–H and O–H groups in total. The van der Waals surface area contributed by atoms with Crippen molar-refractivity contribution in [3.63, 3.8) is 0 Å². The maximum atomic E-state index is 6.16. The van der Waals surface area contributed by atoms with Crippen LogP contribution >= 0.6 is 0 Å². The molecule has 0 spiro atoms. The third-order valence-corrected chi connectivity index (χ3v) is 4.75. The molecule has 106 valence electrons. The van der Waals surface area contributed by atoms with Crippen LogP contribution in [0.4, 0.5) is 0 Å². The molecular formula is C18H24N2. The topological polar surface area (TPSA) is 29.3 Å². The van der Waals surface area contributed by atoms with Crippen LogP contribution < -0.4 is 5.73 Å². The molecule has 2 nitrogen and oxygen atoms in total. The van der Waals surface area contributed by atoms with E-state index in [0.29, 0.717) is 12.6 Å². The van der Waals surface area contributed by atoms with Crippen molar-refractivity contribution in [2.24, 2.45) is 5.73 Å². The summed E-state index contributed by atoms with van der Waals surface area (Å²) in [5.74, 6) is 0. The highest BCUT2D eigenvalue weighted by Crippen LogP contribution is 2.38. The van der Waals surface area contributed by atoms with E-state index in [1.54, 1.807) is 0 Å². The Morgan fingerprint density at radius 1 is 1.15 bits per heavy atom. The molecule has 1 saturated heterocycles. The lowest BCUT2D eigenvalue weighted by molar-refractivity contribution is 0.120. The van der Waals surface area contributed by atoms with Crippen molar-refractivity contribution in [2.45, 2.75) is 38.3 Å². The van der Waals surface area contributed by atoms with Crippen molar-refractivity contribution in [1.82, 2.24) is 4.90 Å². The minimum absolute atomic E-state index is 0.251. The fourth-order valence-electron chi connectivity index (χ4n) is 3.67. The van der Waals surface area contributed by atoms with Gasteiger partial charge in [-0.25, -0.2) is 0 Å². The number of nitrogens with zero attached hydrogens (tertiary/aromatic N) is 1. The fraction of sp³-hybridized carbons (Fsp3) is 0.444. The third kappa shape index (κ3) is 2.23. The zero-order chi connectivity index (χ0) is 14.2. The Bertz CT molecular complexity index is 598. The Kier molecular flexibility index (Phi) is 3.53. The number of nitrogens with two attached hydrogens (primary N) is 1. The lowest BCUT2D eigenvalue weighted by Gasteiger charge is -2.38. The molecule has 0 aromatic heterocycles. The summed E-state index contributed by atoms with van der Waals surface area (Å²) in [6.45, 7) is 6.51. The predicted molar refractivity (Wildman–Crippen MR) is 85.8 cm³/mol. The Morgan fingerprint density at radius 2 is 1.90 bits per heavy atom. The number of likely N-dealkylation sites (tertiary alicyclic amines) is 1. The summed E-state index contributed by atoms with van der Waals surface area (Å²) in [5.41, 5.74) is 7.78. The smallest absolute Gasteiger partial charge is 0.0481 e. The van der Waals surface area contributed by atoms with Crippen LogP contribution in [0.3, 0.4) is 0 Å². The van der Waals surface area contributed by atoms with Crippen LogP contribution in [0.2, 0.25) is 0 Å². The summed E-state index contributed by atoms with van der Waals surface area (Å²) in [5, 5.41) is 2.65. The first-order valence-electron chi connectivity index (χ1n) is 7.58. The Labute approximate surface area is 121 Å². The minimum atomic E-state index is 0.251. The van der Waals surface area contributed by atoms with Gasteiger partial charge in [0.1, 0.15) is 0 Å². The molecule has 1 atom stereocenters. The predicted octanol–water partition coefficient (Wildman–Crippen LogP) is 3.71. The fourth-order valence-corrected chi connectivity index (χ4v) is 3.67. The van der Waals surface area contributed by atoms with E-state index in [-0.39, 0.29) is 5.54 Å². The quantitative estimate of drug-likeness (QED) is 0.919. The average Bonchev–Trinajstić information content (AvgIpc) is 2.80. The first kappa shape index (κ1) is 13.6. The lowest BCUT2D eigenvalue weighted by atomic mass is 9.94. The van der Waals surface area contributed by atoms with Crippen LogP contribution in [0.5, 0.6) is 0 Å². The molecule has 0 radical (unpaired) electrons. The van der Waals surface area contributed by atoms with Gasteiger partial charge in [-0.3, -0.25) is 4.90 Å². The molecule has 1 aliphatic rings. The van der Waals surface area contributed by atoms with Crippen LogP contribution in [-0.4, -0.2) is 23.5 Å². The van der Waals surface area contributed by atoms with Crippen LogP contribution in [0, 0.1) is 0 Å². The third-order valence-electron chi connectivity index (χ3n) is 4.75. The van der Waals surface area contributed by atoms with Gasteiger partial charge in [0, 0.05) is 18.1 Å². The molecule has 1 heterocycles. The van der Waals surface area contributed by atoms with E-state index in [1.165, 1.54) is 29.2 Å². The number of rotatable bonds is 3. The number of hydrogen-bond donors (Lipinski definition) is 1. The van der Waals surface area contributed by atoms with E-state index in [9.17, 15) is 0 Å². The SMILES string of the molecule is CC1(C)CCCN1C(CN)c1cccc2ccccc12. The Hall–Kier alpha value is -1.38. The van der Waals surface area contributed by atoms with Crippen molar-refractivity contribution in [2.75, 3.05) is 13.1 Å². The van der Waals surface area contributed by atoms with Crippen molar-refractivity contribution in [3.8, 4) is 0 Å². The summed E-state index contributed by atoms with van der Waals surface area (Å²) >= 11 is 0. The van der Waals surface area contributed by atoms with E-state index in [4.69, 9.17) is 5.73 Å². The number of fused-ring (bicyclic) bond motifs is 1. The first-order valence-corrected chi connectivity index (χ1v) is 7.58. The van der Waals surface area contributed by atoms with Gasteiger partial charge in [0.15, 0.2) is 0 Å². The van der Waals surface area contributed by atoms with Crippen LogP contribution in [0.1, 0.15) is 38.3 Å². The molecule has 1 aliphatic heterocycles. The molecule has 0 aliphatic carbocycles. The molecule has 1 fully saturated rings. The normalized spacial score (nSPS) is 20.4. The molecular weight excluding hydrogens is 244 g/mol. The number of hydrogen-bond acceptors (Lipinski definition) is 2. The van der Waals surface area contributed by atoms with Crippen molar-refractivity contribution in [3.05, 3.63) is 48.0 Å². The molecule has 1 unspecified atom stereocenters. The number of benzene rings is 2. The molecule has 0 bridgehead atoms. The summed E-state index contributed by atoms with van der Waals surface area (Å²) in [6.07, 6.45) is 2.53. The van der Waals surface area contributed by atoms with E-state index in [0.717, 1.165) is 6.54 Å². The summed E-state index contributed by atoms with van der Waals surface area (Å²) < 4.78 is 0. The molecule has 2 heteroatoms. The summed E-state index contributed by atoms with van der Waals surface area (Å²) in [6, 6.07) is 15.5. The van der Waals surface area contributed by atoms with Crippen LogP contribution in [-0.2, 0) is 0 Å². The zero-order valence-corrected chi connectivity index (χ0v) is 12.5. The van der Waals surface area contributed by atoms with E-state index in [1.807, 2.05) is 0 Å². The zero-order valence-electron chi connectivity index (χ0n) is 12.5. The highest BCUT2D eigenvalue weighted by atomic mass is 15.2. The van der Waals surface area contributed by atoms with Gasteiger partial charge < -0.3 is 5.73 Å². The summed E-state index contributed by atoms with van der Waals surface area (Å²) in [4.78, 5) is 2.59. The molecule has 0 saturated carbocycles. The summed E-state index contributed by atoms with van der Waals surface area (Å²) in [7, 11) is 0. The van der Waals surface area contributed by atoms with E-state index in [2.05, 4.69) is 61.2 Å². The van der Waals surface area contributed by atoms with Gasteiger partial charge in [0.05, 0.1) is 0 Å². The molecule has 0 amide bonds. The Morgan fingerprint density at radius 3 is 2.60 bits per heavy atom. The van der Waals surface area contributed by atoms with Crippen molar-refractivity contribution < 1.29 is 0 Å².